The number of non-ortho nitro benzene ring substituents is 1. The number of hydrogen-bond acceptors (Lipinski definition) is 12. The minimum absolute atomic E-state index is 0.0159. The van der Waals surface area contributed by atoms with Gasteiger partial charge in [0, 0.05) is 55.9 Å². The molecule has 4 aliphatic rings. The zero-order chi connectivity index (χ0) is 50.4. The second-order valence-electron chi connectivity index (χ2n) is 19.9. The third kappa shape index (κ3) is 10.8. The van der Waals surface area contributed by atoms with E-state index in [1.165, 1.54) is 18.2 Å². The summed E-state index contributed by atoms with van der Waals surface area (Å²) in [4.78, 5) is 34.5. The summed E-state index contributed by atoms with van der Waals surface area (Å²) in [7, 11) is 0. The Hall–Kier alpha value is -7.00. The lowest BCUT2D eigenvalue weighted by molar-refractivity contribution is -0.384. The van der Waals surface area contributed by atoms with Crippen LogP contribution in [0.3, 0.4) is 0 Å². The number of ether oxygens (including phenoxy) is 5. The van der Waals surface area contributed by atoms with Gasteiger partial charge in [-0.3, -0.25) is 14.9 Å². The highest BCUT2D eigenvalue weighted by atomic mass is 16.7. The predicted molar refractivity (Wildman–Crippen MR) is 275 cm³/mol. The quantitative estimate of drug-likeness (QED) is 0.0250. The highest BCUT2D eigenvalue weighted by molar-refractivity contribution is 6.03. The van der Waals surface area contributed by atoms with Crippen molar-refractivity contribution in [2.24, 2.45) is 22.9 Å². The number of allylic oxidation sites excluding steroid dienone is 1. The average molecular weight is 978 g/mol. The maximum atomic E-state index is 15.4. The number of oxime groups is 1. The molecule has 9 rings (SSSR count). The van der Waals surface area contributed by atoms with E-state index >= 15 is 4.79 Å². The van der Waals surface area contributed by atoms with Gasteiger partial charge in [0.2, 0.25) is 18.5 Å². The molecule has 0 aromatic heterocycles. The van der Waals surface area contributed by atoms with Crippen LogP contribution in [0, 0.1) is 27.9 Å². The monoisotopic (exact) mass is 977 g/mol. The smallest absolute Gasteiger partial charge is 0.269 e. The zero-order valence-electron chi connectivity index (χ0n) is 41.1. The fourth-order valence-electron chi connectivity index (χ4n) is 10.8. The third-order valence-corrected chi connectivity index (χ3v) is 14.0. The number of fused-ring (bicyclic) bond motifs is 4. The summed E-state index contributed by atoms with van der Waals surface area (Å²) in [5, 5.41) is 38.8. The maximum absolute atomic E-state index is 15.4. The van der Waals surface area contributed by atoms with Gasteiger partial charge in [0.1, 0.15) is 28.9 Å². The molecule has 5 aromatic rings. The number of amides is 1. The molecule has 2 aliphatic heterocycles. The first kappa shape index (κ1) is 50.0. The normalized spacial score (nSPS) is 22.4. The first-order chi connectivity index (χ1) is 34.9. The first-order valence-electron chi connectivity index (χ1n) is 24.9. The second-order valence-corrected chi connectivity index (χ2v) is 19.9. The molecule has 2 N–H and O–H groups in total. The fraction of sp³-hybridized carbons (Fsp3) is 0.379. The minimum atomic E-state index is -1.54. The summed E-state index contributed by atoms with van der Waals surface area (Å²) in [5.74, 6) is 0.283. The summed E-state index contributed by atoms with van der Waals surface area (Å²) in [5.41, 5.74) is 3.11. The van der Waals surface area contributed by atoms with E-state index in [1.54, 1.807) is 29.2 Å². The number of hydrogen-bond donors (Lipinski definition) is 2. The molecule has 0 saturated heterocycles. The van der Waals surface area contributed by atoms with Crippen molar-refractivity contribution in [1.82, 2.24) is 4.90 Å². The molecule has 1 saturated carbocycles. The van der Waals surface area contributed by atoms with Crippen LogP contribution in [-0.4, -0.2) is 75.7 Å². The van der Waals surface area contributed by atoms with Crippen LogP contribution < -0.4 is 18.9 Å². The molecule has 14 heteroatoms. The number of nitrogens with zero attached hydrogens (tertiary/aromatic N) is 3. The number of nitro benzene ring substituents is 1. The van der Waals surface area contributed by atoms with Crippen LogP contribution in [0.5, 0.6) is 28.7 Å². The van der Waals surface area contributed by atoms with Crippen LogP contribution in [0.2, 0.25) is 0 Å². The Balaban J connectivity index is 1.24. The van der Waals surface area contributed by atoms with E-state index in [4.69, 9.17) is 33.7 Å². The lowest BCUT2D eigenvalue weighted by Crippen LogP contribution is -2.70. The largest absolute Gasteiger partial charge is 0.459 e. The van der Waals surface area contributed by atoms with Crippen LogP contribution in [0.15, 0.2) is 139 Å². The van der Waals surface area contributed by atoms with E-state index in [-0.39, 0.29) is 68.9 Å². The number of carbonyl (C=O) groups is 1. The predicted octanol–water partition coefficient (Wildman–Crippen LogP) is 11.4. The Morgan fingerprint density at radius 3 is 2.36 bits per heavy atom. The van der Waals surface area contributed by atoms with Crippen molar-refractivity contribution >= 4 is 34.2 Å². The molecule has 0 bridgehead atoms. The van der Waals surface area contributed by atoms with Gasteiger partial charge in [0.25, 0.3) is 5.69 Å². The lowest BCUT2D eigenvalue weighted by Gasteiger charge is -2.60. The summed E-state index contributed by atoms with van der Waals surface area (Å²) in [6.45, 7) is 10.3. The van der Waals surface area contributed by atoms with Gasteiger partial charge < -0.3 is 43.6 Å². The van der Waals surface area contributed by atoms with Crippen LogP contribution in [-0.2, 0) is 20.9 Å². The van der Waals surface area contributed by atoms with Crippen LogP contribution in [0.25, 0.3) is 16.8 Å². The molecule has 14 nitrogen and oxygen atoms in total. The van der Waals surface area contributed by atoms with Crippen LogP contribution in [0.4, 0.5) is 5.69 Å². The van der Waals surface area contributed by atoms with Gasteiger partial charge in [-0.25, -0.2) is 0 Å². The Morgan fingerprint density at radius 2 is 1.61 bits per heavy atom. The lowest BCUT2D eigenvalue weighted by atomic mass is 9.55. The minimum Gasteiger partial charge on any atom is -0.459 e. The summed E-state index contributed by atoms with van der Waals surface area (Å²) >= 11 is 0. The van der Waals surface area contributed by atoms with Gasteiger partial charge in [-0.2, -0.15) is 0 Å². The topological polar surface area (TPSA) is 172 Å². The van der Waals surface area contributed by atoms with Crippen molar-refractivity contribution in [3.05, 3.63) is 160 Å². The number of nitro groups is 1. The van der Waals surface area contributed by atoms with Crippen LogP contribution in [0.1, 0.15) is 88.3 Å². The number of benzene rings is 5. The van der Waals surface area contributed by atoms with Crippen molar-refractivity contribution < 1.29 is 48.5 Å². The second kappa shape index (κ2) is 21.8. The SMILES string of the molecule is C=CCO[C@@]12Oc3ccc(Oc4ccc5ccccc5c4)cc3[C@H]3[C@H](CCCCO)[C@@H](CCCCO)C=C(C(=NOC(C)(C)C)C[C@@H]1N(Cc1ccc4c(c1)OCO4)C(=O)C=Cc1ccc([N+](=O)[O-])cc1)[C@H]32. The zero-order valence-corrected chi connectivity index (χ0v) is 41.1. The maximum Gasteiger partial charge on any atom is 0.269 e. The van der Waals surface area contributed by atoms with Gasteiger partial charge in [-0.1, -0.05) is 66.5 Å². The van der Waals surface area contributed by atoms with Gasteiger partial charge in [-0.15, -0.1) is 6.58 Å². The van der Waals surface area contributed by atoms with Gasteiger partial charge in [0.15, 0.2) is 11.5 Å². The van der Waals surface area contributed by atoms with E-state index in [1.807, 2.05) is 81.4 Å². The van der Waals surface area contributed by atoms with E-state index < -0.39 is 28.3 Å². The highest BCUT2D eigenvalue weighted by Crippen LogP contribution is 2.62. The number of carbonyl (C=O) groups excluding carboxylic acids is 1. The molecular weight excluding hydrogens is 915 g/mol. The first-order valence-corrected chi connectivity index (χ1v) is 24.9. The van der Waals surface area contributed by atoms with E-state index in [9.17, 15) is 20.3 Å². The Morgan fingerprint density at radius 1 is 0.889 bits per heavy atom. The molecule has 2 aliphatic carbocycles. The van der Waals surface area contributed by atoms with Gasteiger partial charge in [0.05, 0.1) is 23.2 Å². The molecule has 2 heterocycles. The Labute approximate surface area is 420 Å². The van der Waals surface area contributed by atoms with Gasteiger partial charge >= 0.3 is 0 Å². The highest BCUT2D eigenvalue weighted by Gasteiger charge is 2.65. The molecule has 0 radical (unpaired) electrons. The van der Waals surface area contributed by atoms with Crippen molar-refractivity contribution in [3.8, 4) is 28.7 Å². The summed E-state index contributed by atoms with van der Waals surface area (Å²) in [6, 6.07) is 30.9. The summed E-state index contributed by atoms with van der Waals surface area (Å²) in [6.07, 6.45) is 11.7. The molecule has 1 amide bonds. The van der Waals surface area contributed by atoms with Gasteiger partial charge in [-0.05, 0) is 146 Å². The molecule has 0 spiro atoms. The molecule has 1 fully saturated rings. The Kier molecular flexibility index (Phi) is 15.1. The molecule has 72 heavy (non-hydrogen) atoms. The average Bonchev–Trinajstić information content (AvgIpc) is 3.85. The molecule has 0 unspecified atom stereocenters. The van der Waals surface area contributed by atoms with Crippen molar-refractivity contribution in [2.45, 2.75) is 95.6 Å². The number of aliphatic hydroxyl groups excluding tert-OH is 2. The van der Waals surface area contributed by atoms with Crippen molar-refractivity contribution in [3.63, 3.8) is 0 Å². The Bertz CT molecular complexity index is 2870. The molecular formula is C58H63N3O11. The van der Waals surface area contributed by atoms with E-state index in [2.05, 4.69) is 30.9 Å². The van der Waals surface area contributed by atoms with Crippen molar-refractivity contribution in [2.75, 3.05) is 26.6 Å². The van der Waals surface area contributed by atoms with Crippen LogP contribution >= 0.6 is 0 Å². The number of rotatable bonds is 20. The summed E-state index contributed by atoms with van der Waals surface area (Å²) < 4.78 is 32.9. The van der Waals surface area contributed by atoms with Crippen molar-refractivity contribution in [1.29, 1.82) is 0 Å². The third-order valence-electron chi connectivity index (χ3n) is 14.0. The standard InChI is InChI=1S/C58H63N3O11/c1-5-30-69-58-53(60(36-39-18-25-51-52(31-39)68-37-67-51)54(64)27-19-38-16-21-43(22-17-38)61(65)66)35-49(59-72-57(2,3)4)47-33-42(14-8-10-28-62)46(15-9-11-29-63)55(56(47)58)48-34-45(24-26-50(48)71-58)70-44-23-20-40-12-6-7-13-41(40)32-44/h5-7,12-13,16-27,31-34,42,46,53,55-56,62-63H,1,8-11,14-15,28-30,35-37H2,2-4H3/t42-,46+,53-,55+,56+,58+/m0/s1. The molecule has 6 atom stereocenters. The fourth-order valence-corrected chi connectivity index (χ4v) is 10.8. The van der Waals surface area contributed by atoms with E-state index in [0.717, 1.165) is 53.2 Å². The molecule has 5 aromatic carbocycles. The van der Waals surface area contributed by atoms with E-state index in [0.29, 0.717) is 52.9 Å². The number of unbranched alkanes of at least 4 members (excludes halogenated alkanes) is 2. The number of aliphatic hydroxyl groups is 2. The molecule has 376 valence electrons.